The van der Waals surface area contributed by atoms with E-state index < -0.39 is 0 Å². The summed E-state index contributed by atoms with van der Waals surface area (Å²) in [5.41, 5.74) is 2.86. The van der Waals surface area contributed by atoms with Gasteiger partial charge in [-0.15, -0.1) is 0 Å². The topological polar surface area (TPSA) is 18.5 Å². The van der Waals surface area contributed by atoms with E-state index in [4.69, 9.17) is 0 Å². The molecule has 2 rings (SSSR count). The van der Waals surface area contributed by atoms with E-state index in [9.17, 15) is 0 Å². The Morgan fingerprint density at radius 1 is 1.26 bits per heavy atom. The summed E-state index contributed by atoms with van der Waals surface area (Å²) in [5, 5.41) is 3.53. The van der Waals surface area contributed by atoms with Crippen LogP contribution in [0.25, 0.3) is 0 Å². The summed E-state index contributed by atoms with van der Waals surface area (Å²) < 4.78 is 0. The number of benzene rings is 1. The first-order chi connectivity index (χ1) is 9.11. The molecule has 0 radical (unpaired) electrons. The molecule has 1 aromatic rings. The van der Waals surface area contributed by atoms with Gasteiger partial charge in [-0.05, 0) is 45.6 Å². The van der Waals surface area contributed by atoms with E-state index in [1.54, 1.807) is 0 Å². The highest BCUT2D eigenvalue weighted by Crippen LogP contribution is 2.16. The third-order valence-electron chi connectivity index (χ3n) is 4.44. The lowest BCUT2D eigenvalue weighted by molar-refractivity contribution is 0.0897. The van der Waals surface area contributed by atoms with Crippen molar-refractivity contribution in [2.45, 2.75) is 25.4 Å². The molecule has 0 aliphatic carbocycles. The van der Waals surface area contributed by atoms with Crippen molar-refractivity contribution in [1.82, 2.24) is 15.1 Å². The van der Waals surface area contributed by atoms with Crippen LogP contribution in [0.3, 0.4) is 0 Å². The summed E-state index contributed by atoms with van der Waals surface area (Å²) in [6, 6.07) is 9.82. The minimum atomic E-state index is 0.508. The number of likely N-dealkylation sites (N-methyl/N-ethyl adjacent to an activating group) is 3. The number of nitrogens with one attached hydrogen (secondary N) is 1. The monoisotopic (exact) mass is 261 g/mol. The largest absolute Gasteiger partial charge is 0.315 e. The van der Waals surface area contributed by atoms with Gasteiger partial charge in [0.1, 0.15) is 0 Å². The van der Waals surface area contributed by atoms with Gasteiger partial charge in [0.15, 0.2) is 0 Å². The fourth-order valence-corrected chi connectivity index (χ4v) is 2.99. The van der Waals surface area contributed by atoms with E-state index in [0.717, 1.165) is 19.5 Å². The van der Waals surface area contributed by atoms with Crippen LogP contribution in [0.4, 0.5) is 0 Å². The number of hydrogen-bond acceptors (Lipinski definition) is 3. The van der Waals surface area contributed by atoms with Crippen molar-refractivity contribution in [2.75, 3.05) is 40.8 Å². The van der Waals surface area contributed by atoms with Crippen molar-refractivity contribution in [2.24, 2.45) is 0 Å². The second-order valence-corrected chi connectivity index (χ2v) is 5.84. The maximum atomic E-state index is 3.53. The highest BCUT2D eigenvalue weighted by Gasteiger charge is 2.29. The molecule has 1 heterocycles. The first kappa shape index (κ1) is 14.5. The van der Waals surface area contributed by atoms with Crippen LogP contribution >= 0.6 is 0 Å². The predicted molar refractivity (Wildman–Crippen MR) is 81.6 cm³/mol. The molecule has 2 atom stereocenters. The fraction of sp³-hybridized carbons (Fsp3) is 0.625. The van der Waals surface area contributed by atoms with Gasteiger partial charge >= 0.3 is 0 Å². The third kappa shape index (κ3) is 3.56. The average molecular weight is 261 g/mol. The Morgan fingerprint density at radius 2 is 2.00 bits per heavy atom. The van der Waals surface area contributed by atoms with E-state index >= 15 is 0 Å². The molecule has 0 aromatic heterocycles. The van der Waals surface area contributed by atoms with Gasteiger partial charge in [0.05, 0.1) is 0 Å². The van der Waals surface area contributed by atoms with Crippen molar-refractivity contribution in [1.29, 1.82) is 0 Å². The van der Waals surface area contributed by atoms with Gasteiger partial charge in [-0.1, -0.05) is 24.3 Å². The molecule has 0 saturated carbocycles. The standard InChI is InChI=1S/C16H27N3/c1-13-7-5-6-8-14(13)11-15(17-2)16-12-18(3)9-10-19(16)4/h5-8,15-17H,9-12H2,1-4H3. The molecule has 0 spiro atoms. The number of aryl methyl sites for hydroxylation is 1. The molecule has 1 aliphatic rings. The Hall–Kier alpha value is -0.900. The van der Waals surface area contributed by atoms with Crippen LogP contribution in [0.2, 0.25) is 0 Å². The molecule has 3 heteroatoms. The number of nitrogens with zero attached hydrogens (tertiary/aromatic N) is 2. The van der Waals surface area contributed by atoms with Gasteiger partial charge < -0.3 is 10.2 Å². The Morgan fingerprint density at radius 3 is 2.68 bits per heavy atom. The third-order valence-corrected chi connectivity index (χ3v) is 4.44. The van der Waals surface area contributed by atoms with Gasteiger partial charge in [-0.2, -0.15) is 0 Å². The Balaban J connectivity index is 2.09. The quantitative estimate of drug-likeness (QED) is 0.883. The summed E-state index contributed by atoms with van der Waals surface area (Å²) in [6.07, 6.45) is 1.10. The Bertz CT molecular complexity index is 405. The lowest BCUT2D eigenvalue weighted by atomic mass is 9.94. The Labute approximate surface area is 117 Å². The van der Waals surface area contributed by atoms with Crippen LogP contribution in [0, 0.1) is 6.92 Å². The first-order valence-corrected chi connectivity index (χ1v) is 7.22. The zero-order valence-corrected chi connectivity index (χ0v) is 12.7. The minimum Gasteiger partial charge on any atom is -0.315 e. The molecule has 1 fully saturated rings. The molecule has 0 bridgehead atoms. The van der Waals surface area contributed by atoms with Crippen LogP contribution in [0.1, 0.15) is 11.1 Å². The predicted octanol–water partition coefficient (Wildman–Crippen LogP) is 1.37. The van der Waals surface area contributed by atoms with Crippen LogP contribution in [0.15, 0.2) is 24.3 Å². The average Bonchev–Trinajstić information content (AvgIpc) is 2.41. The molecule has 106 valence electrons. The van der Waals surface area contributed by atoms with E-state index in [0.29, 0.717) is 12.1 Å². The fourth-order valence-electron chi connectivity index (χ4n) is 2.99. The molecule has 0 amide bonds. The maximum absolute atomic E-state index is 3.53. The van der Waals surface area contributed by atoms with Crippen LogP contribution in [-0.4, -0.2) is 62.7 Å². The summed E-state index contributed by atoms with van der Waals surface area (Å²) in [6.45, 7) is 5.69. The van der Waals surface area contributed by atoms with E-state index in [2.05, 4.69) is 67.4 Å². The second kappa shape index (κ2) is 6.51. The molecular weight excluding hydrogens is 234 g/mol. The van der Waals surface area contributed by atoms with Crippen molar-refractivity contribution < 1.29 is 0 Å². The lowest BCUT2D eigenvalue weighted by Crippen LogP contribution is -2.58. The van der Waals surface area contributed by atoms with Crippen molar-refractivity contribution in [3.05, 3.63) is 35.4 Å². The maximum Gasteiger partial charge on any atom is 0.0377 e. The summed E-state index contributed by atoms with van der Waals surface area (Å²) in [4.78, 5) is 4.94. The molecule has 3 nitrogen and oxygen atoms in total. The first-order valence-electron chi connectivity index (χ1n) is 7.22. The van der Waals surface area contributed by atoms with Gasteiger partial charge in [0.2, 0.25) is 0 Å². The summed E-state index contributed by atoms with van der Waals surface area (Å²) >= 11 is 0. The highest BCUT2D eigenvalue weighted by molar-refractivity contribution is 5.26. The molecule has 19 heavy (non-hydrogen) atoms. The van der Waals surface area contributed by atoms with Crippen LogP contribution in [-0.2, 0) is 6.42 Å². The van der Waals surface area contributed by atoms with Gasteiger partial charge in [-0.3, -0.25) is 4.90 Å². The van der Waals surface area contributed by atoms with Crippen molar-refractivity contribution >= 4 is 0 Å². The van der Waals surface area contributed by atoms with E-state index in [1.165, 1.54) is 17.7 Å². The lowest BCUT2D eigenvalue weighted by Gasteiger charge is -2.42. The van der Waals surface area contributed by atoms with Gasteiger partial charge in [0, 0.05) is 31.7 Å². The van der Waals surface area contributed by atoms with Crippen LogP contribution < -0.4 is 5.32 Å². The number of piperazine rings is 1. The summed E-state index contributed by atoms with van der Waals surface area (Å²) in [7, 11) is 6.56. The summed E-state index contributed by atoms with van der Waals surface area (Å²) in [5.74, 6) is 0. The zero-order valence-electron chi connectivity index (χ0n) is 12.7. The zero-order chi connectivity index (χ0) is 13.8. The molecule has 1 aliphatic heterocycles. The van der Waals surface area contributed by atoms with Gasteiger partial charge in [0.25, 0.3) is 0 Å². The SMILES string of the molecule is CNC(Cc1ccccc1C)C1CN(C)CCN1C. The number of rotatable bonds is 4. The normalized spacial score (nSPS) is 23.5. The van der Waals surface area contributed by atoms with Crippen LogP contribution in [0.5, 0.6) is 0 Å². The molecule has 1 aromatic carbocycles. The second-order valence-electron chi connectivity index (χ2n) is 5.84. The molecule has 1 N–H and O–H groups in total. The molecular formula is C16H27N3. The van der Waals surface area contributed by atoms with Crippen molar-refractivity contribution in [3.8, 4) is 0 Å². The molecule has 2 unspecified atom stereocenters. The van der Waals surface area contributed by atoms with E-state index in [1.807, 2.05) is 0 Å². The highest BCUT2D eigenvalue weighted by atomic mass is 15.3. The molecule has 1 saturated heterocycles. The van der Waals surface area contributed by atoms with E-state index in [-0.39, 0.29) is 0 Å². The smallest absolute Gasteiger partial charge is 0.0377 e. The Kier molecular flexibility index (Phi) is 4.97. The minimum absolute atomic E-state index is 0.508. The number of hydrogen-bond donors (Lipinski definition) is 1. The van der Waals surface area contributed by atoms with Crippen molar-refractivity contribution in [3.63, 3.8) is 0 Å². The van der Waals surface area contributed by atoms with Gasteiger partial charge in [-0.25, -0.2) is 0 Å².